The molecule has 21 heavy (non-hydrogen) atoms. The van der Waals surface area contributed by atoms with Gasteiger partial charge in [0.25, 0.3) is 0 Å². The van der Waals surface area contributed by atoms with Crippen LogP contribution in [-0.4, -0.2) is 4.98 Å². The first-order chi connectivity index (χ1) is 10.3. The molecule has 0 bridgehead atoms. The van der Waals surface area contributed by atoms with Crippen LogP contribution in [0, 0.1) is 6.92 Å². The molecule has 0 atom stereocenters. The average molecular weight is 294 g/mol. The second-order valence-corrected chi connectivity index (χ2v) is 6.09. The van der Waals surface area contributed by atoms with Crippen LogP contribution < -0.4 is 5.32 Å². The lowest BCUT2D eigenvalue weighted by Crippen LogP contribution is -2.03. The highest BCUT2D eigenvalue weighted by Crippen LogP contribution is 2.20. The molecule has 0 spiro atoms. The highest BCUT2D eigenvalue weighted by Gasteiger charge is 2.04. The second kappa shape index (κ2) is 6.55. The van der Waals surface area contributed by atoms with Crippen molar-refractivity contribution in [3.63, 3.8) is 0 Å². The van der Waals surface area contributed by atoms with E-state index in [9.17, 15) is 0 Å². The summed E-state index contributed by atoms with van der Waals surface area (Å²) in [6.07, 6.45) is 0.945. The van der Waals surface area contributed by atoms with Gasteiger partial charge in [-0.25, -0.2) is 4.98 Å². The van der Waals surface area contributed by atoms with Crippen LogP contribution in [0.2, 0.25) is 0 Å². The lowest BCUT2D eigenvalue weighted by molar-refractivity contribution is 1.04. The molecule has 0 aliphatic heterocycles. The van der Waals surface area contributed by atoms with Crippen molar-refractivity contribution in [1.82, 2.24) is 4.98 Å². The summed E-state index contributed by atoms with van der Waals surface area (Å²) in [5.74, 6) is 0. The van der Waals surface area contributed by atoms with Crippen molar-refractivity contribution in [1.29, 1.82) is 0 Å². The minimum absolute atomic E-state index is 0.774. The van der Waals surface area contributed by atoms with Gasteiger partial charge in [-0.3, -0.25) is 0 Å². The number of thiazole rings is 1. The van der Waals surface area contributed by atoms with Crippen LogP contribution in [0.15, 0.2) is 60.0 Å². The lowest BCUT2D eigenvalue weighted by Gasteiger charge is -2.11. The maximum absolute atomic E-state index is 4.50. The first-order valence-electron chi connectivity index (χ1n) is 7.08. The third-order valence-corrected chi connectivity index (χ3v) is 4.20. The van der Waals surface area contributed by atoms with Crippen molar-refractivity contribution < 1.29 is 0 Å². The van der Waals surface area contributed by atoms with Gasteiger partial charge in [-0.1, -0.05) is 48.5 Å². The Balaban J connectivity index is 1.73. The van der Waals surface area contributed by atoms with E-state index in [0.29, 0.717) is 0 Å². The van der Waals surface area contributed by atoms with Crippen molar-refractivity contribution in [3.05, 3.63) is 81.8 Å². The average Bonchev–Trinajstić information content (AvgIpc) is 2.93. The Morgan fingerprint density at radius 1 is 1.00 bits per heavy atom. The fourth-order valence-electron chi connectivity index (χ4n) is 2.34. The normalized spacial score (nSPS) is 10.5. The fourth-order valence-corrected chi connectivity index (χ4v) is 2.95. The van der Waals surface area contributed by atoms with Gasteiger partial charge >= 0.3 is 0 Å². The van der Waals surface area contributed by atoms with E-state index in [1.54, 1.807) is 11.3 Å². The molecule has 106 valence electrons. The van der Waals surface area contributed by atoms with Crippen LogP contribution in [0.3, 0.4) is 0 Å². The molecule has 0 fully saturated rings. The molecular weight excluding hydrogens is 276 g/mol. The maximum atomic E-state index is 4.50. The molecule has 0 saturated carbocycles. The number of benzene rings is 2. The van der Waals surface area contributed by atoms with Crippen molar-refractivity contribution in [3.8, 4) is 0 Å². The number of aromatic nitrogens is 1. The summed E-state index contributed by atoms with van der Waals surface area (Å²) in [4.78, 5) is 4.50. The van der Waals surface area contributed by atoms with Gasteiger partial charge in [-0.05, 0) is 30.5 Å². The van der Waals surface area contributed by atoms with Crippen molar-refractivity contribution in [2.45, 2.75) is 19.9 Å². The number of para-hydroxylation sites is 1. The van der Waals surface area contributed by atoms with Crippen molar-refractivity contribution in [2.75, 3.05) is 5.32 Å². The Morgan fingerprint density at radius 2 is 1.76 bits per heavy atom. The van der Waals surface area contributed by atoms with Crippen LogP contribution in [0.25, 0.3) is 0 Å². The Labute approximate surface area is 129 Å². The molecule has 2 nitrogen and oxygen atoms in total. The summed E-state index contributed by atoms with van der Waals surface area (Å²) in [6, 6.07) is 19.0. The largest absolute Gasteiger partial charge is 0.379 e. The van der Waals surface area contributed by atoms with Crippen LogP contribution in [0.4, 0.5) is 5.69 Å². The SMILES string of the molecule is Cc1nc(CNc2ccccc2Cc2ccccc2)cs1. The third-order valence-electron chi connectivity index (χ3n) is 3.38. The molecule has 3 rings (SSSR count). The predicted octanol–water partition coefficient (Wildman–Crippen LogP) is 4.65. The Bertz CT molecular complexity index is 704. The van der Waals surface area contributed by atoms with E-state index in [-0.39, 0.29) is 0 Å². The number of aryl methyl sites for hydroxylation is 1. The number of hydrogen-bond donors (Lipinski definition) is 1. The standard InChI is InChI=1S/C18H18N2S/c1-14-20-17(13-21-14)12-19-18-10-6-5-9-16(18)11-15-7-3-2-4-8-15/h2-10,13,19H,11-12H2,1H3. The van der Waals surface area contributed by atoms with E-state index < -0.39 is 0 Å². The molecule has 0 saturated heterocycles. The Morgan fingerprint density at radius 3 is 2.52 bits per heavy atom. The quantitative estimate of drug-likeness (QED) is 0.740. The van der Waals surface area contributed by atoms with E-state index in [0.717, 1.165) is 23.7 Å². The van der Waals surface area contributed by atoms with Gasteiger partial charge in [0.2, 0.25) is 0 Å². The zero-order valence-corrected chi connectivity index (χ0v) is 12.9. The first kappa shape index (κ1) is 13.8. The molecule has 0 unspecified atom stereocenters. The monoisotopic (exact) mass is 294 g/mol. The Hall–Kier alpha value is -2.13. The highest BCUT2D eigenvalue weighted by atomic mass is 32.1. The molecule has 1 heterocycles. The molecule has 1 N–H and O–H groups in total. The molecule has 0 aliphatic rings. The number of anilines is 1. The fraction of sp³-hybridized carbons (Fsp3) is 0.167. The summed E-state index contributed by atoms with van der Waals surface area (Å²) >= 11 is 1.70. The van der Waals surface area contributed by atoms with Crippen molar-refractivity contribution in [2.24, 2.45) is 0 Å². The van der Waals surface area contributed by atoms with E-state index >= 15 is 0 Å². The van der Waals surface area contributed by atoms with Crippen LogP contribution in [0.5, 0.6) is 0 Å². The molecule has 0 aliphatic carbocycles. The van der Waals surface area contributed by atoms with Crippen LogP contribution >= 0.6 is 11.3 Å². The van der Waals surface area contributed by atoms with E-state index in [1.165, 1.54) is 16.8 Å². The summed E-state index contributed by atoms with van der Waals surface area (Å²) in [6.45, 7) is 2.81. The second-order valence-electron chi connectivity index (χ2n) is 5.03. The summed E-state index contributed by atoms with van der Waals surface area (Å²) < 4.78 is 0. The van der Waals surface area contributed by atoms with Gasteiger partial charge < -0.3 is 5.32 Å². The number of hydrogen-bond acceptors (Lipinski definition) is 3. The number of nitrogens with one attached hydrogen (secondary N) is 1. The molecule has 1 aromatic heterocycles. The summed E-state index contributed by atoms with van der Waals surface area (Å²) in [5.41, 5.74) is 4.94. The predicted molar refractivity (Wildman–Crippen MR) is 89.9 cm³/mol. The highest BCUT2D eigenvalue weighted by molar-refractivity contribution is 7.09. The Kier molecular flexibility index (Phi) is 4.31. The van der Waals surface area contributed by atoms with E-state index in [1.807, 2.05) is 6.92 Å². The van der Waals surface area contributed by atoms with Gasteiger partial charge in [0, 0.05) is 11.1 Å². The summed E-state index contributed by atoms with van der Waals surface area (Å²) in [5, 5.41) is 6.74. The van der Waals surface area contributed by atoms with Gasteiger partial charge in [0.15, 0.2) is 0 Å². The summed E-state index contributed by atoms with van der Waals surface area (Å²) in [7, 11) is 0. The van der Waals surface area contributed by atoms with E-state index in [4.69, 9.17) is 0 Å². The molecule has 0 amide bonds. The molecule has 3 aromatic rings. The minimum Gasteiger partial charge on any atom is -0.379 e. The molecule has 2 aromatic carbocycles. The topological polar surface area (TPSA) is 24.9 Å². The van der Waals surface area contributed by atoms with Crippen molar-refractivity contribution >= 4 is 17.0 Å². The van der Waals surface area contributed by atoms with Gasteiger partial charge in [0.1, 0.15) is 0 Å². The third kappa shape index (κ3) is 3.70. The van der Waals surface area contributed by atoms with Gasteiger partial charge in [0.05, 0.1) is 17.2 Å². The zero-order chi connectivity index (χ0) is 14.5. The van der Waals surface area contributed by atoms with E-state index in [2.05, 4.69) is 70.3 Å². The number of rotatable bonds is 5. The van der Waals surface area contributed by atoms with Gasteiger partial charge in [-0.2, -0.15) is 0 Å². The molecule has 3 heteroatoms. The smallest absolute Gasteiger partial charge is 0.0898 e. The lowest BCUT2D eigenvalue weighted by atomic mass is 10.0. The minimum atomic E-state index is 0.774. The van der Waals surface area contributed by atoms with Crippen LogP contribution in [-0.2, 0) is 13.0 Å². The number of nitrogens with zero attached hydrogens (tertiary/aromatic N) is 1. The molecular formula is C18H18N2S. The zero-order valence-electron chi connectivity index (χ0n) is 12.0. The first-order valence-corrected chi connectivity index (χ1v) is 7.96. The maximum Gasteiger partial charge on any atom is 0.0898 e. The van der Waals surface area contributed by atoms with Crippen LogP contribution in [0.1, 0.15) is 21.8 Å². The van der Waals surface area contributed by atoms with Gasteiger partial charge in [-0.15, -0.1) is 11.3 Å². The molecule has 0 radical (unpaired) electrons.